The molecule has 0 rings (SSSR count). The molecule has 0 saturated heterocycles. The van der Waals surface area contributed by atoms with Crippen molar-refractivity contribution in [2.24, 2.45) is 0 Å². The van der Waals surface area contributed by atoms with Crippen molar-refractivity contribution in [2.75, 3.05) is 6.61 Å². The first-order valence-corrected chi connectivity index (χ1v) is 17.2. The van der Waals surface area contributed by atoms with Gasteiger partial charge in [-0.3, -0.25) is 4.79 Å². The summed E-state index contributed by atoms with van der Waals surface area (Å²) in [6.45, 7) is 3.94. The van der Waals surface area contributed by atoms with Crippen molar-refractivity contribution < 1.29 is 25.2 Å². The maximum atomic E-state index is 12.3. The average Bonchev–Trinajstić information content (AvgIpc) is 2.98. The Balaban J connectivity index is 3.89. The highest BCUT2D eigenvalue weighted by molar-refractivity contribution is 5.80. The van der Waals surface area contributed by atoms with Crippen LogP contribution in [0.1, 0.15) is 162 Å². The monoisotopic (exact) mass is 582 g/mol. The first-order valence-electron chi connectivity index (χ1n) is 17.2. The summed E-state index contributed by atoms with van der Waals surface area (Å²) < 4.78 is 0. The third-order valence-corrected chi connectivity index (χ3v) is 7.88. The lowest BCUT2D eigenvalue weighted by molar-refractivity contribution is -0.132. The average molecular weight is 582 g/mol. The highest BCUT2D eigenvalue weighted by atomic mass is 16.3. The summed E-state index contributed by atoms with van der Waals surface area (Å²) in [6, 6.07) is -1.00. The van der Waals surface area contributed by atoms with Gasteiger partial charge in [0, 0.05) is 0 Å². The Bertz CT molecular complexity index is 624. The van der Waals surface area contributed by atoms with Gasteiger partial charge in [0.1, 0.15) is 12.2 Å². The van der Waals surface area contributed by atoms with Crippen LogP contribution in [-0.4, -0.2) is 57.3 Å². The van der Waals surface area contributed by atoms with Gasteiger partial charge in [-0.1, -0.05) is 128 Å². The molecule has 4 atom stereocenters. The molecule has 242 valence electrons. The minimum Gasteiger partial charge on any atom is -0.394 e. The number of allylic oxidation sites excluding steroid dienone is 4. The van der Waals surface area contributed by atoms with E-state index >= 15 is 0 Å². The molecule has 0 bridgehead atoms. The molecule has 0 fully saturated rings. The fraction of sp³-hybridized carbons (Fsp3) is 0.857. The zero-order valence-corrected chi connectivity index (χ0v) is 26.8. The van der Waals surface area contributed by atoms with E-state index in [-0.39, 0.29) is 0 Å². The molecule has 0 aromatic carbocycles. The van der Waals surface area contributed by atoms with Crippen LogP contribution in [0, 0.1) is 0 Å². The lowest BCUT2D eigenvalue weighted by Crippen LogP contribution is -2.53. The summed E-state index contributed by atoms with van der Waals surface area (Å²) in [5.74, 6) is -0.611. The van der Waals surface area contributed by atoms with Gasteiger partial charge in [-0.05, 0) is 57.8 Å². The first-order chi connectivity index (χ1) is 20.0. The number of rotatable bonds is 30. The predicted molar refractivity (Wildman–Crippen MR) is 173 cm³/mol. The number of hydrogen-bond acceptors (Lipinski definition) is 5. The lowest BCUT2D eigenvalue weighted by Gasteiger charge is -2.27. The van der Waals surface area contributed by atoms with Gasteiger partial charge in [-0.15, -0.1) is 0 Å². The van der Waals surface area contributed by atoms with Crippen LogP contribution in [0.25, 0.3) is 0 Å². The SMILES string of the molecule is CCCC/C=C\CCCCCC(O)C(=O)NC(CO)C(O)C(O)CCC/C=C/CCCCCCCCCCCCC. The number of amides is 1. The second-order valence-electron chi connectivity index (χ2n) is 11.8. The molecule has 0 radical (unpaired) electrons. The number of aliphatic hydroxyl groups excluding tert-OH is 4. The third-order valence-electron chi connectivity index (χ3n) is 7.88. The first kappa shape index (κ1) is 39.8. The van der Waals surface area contributed by atoms with Gasteiger partial charge in [-0.2, -0.15) is 0 Å². The summed E-state index contributed by atoms with van der Waals surface area (Å²) in [6.07, 6.45) is 30.7. The molecule has 4 unspecified atom stereocenters. The molecule has 5 N–H and O–H groups in total. The van der Waals surface area contributed by atoms with Gasteiger partial charge in [0.2, 0.25) is 5.91 Å². The number of carbonyl (C=O) groups excluding carboxylic acids is 1. The maximum Gasteiger partial charge on any atom is 0.249 e. The summed E-state index contributed by atoms with van der Waals surface area (Å²) in [4.78, 5) is 12.3. The van der Waals surface area contributed by atoms with Crippen molar-refractivity contribution in [1.29, 1.82) is 0 Å². The standard InChI is InChI=1S/C35H67NO5/c1-3-5-7-9-11-13-14-15-16-17-18-19-21-22-24-26-28-32(38)34(40)31(30-37)36-35(41)33(39)29-27-25-23-20-12-10-8-6-4-2/h10,12,21-22,31-34,37-40H,3-9,11,13-20,23-30H2,1-2H3,(H,36,41)/b12-10-,22-21+. The van der Waals surface area contributed by atoms with Crippen molar-refractivity contribution in [1.82, 2.24) is 5.32 Å². The molecule has 0 spiro atoms. The van der Waals surface area contributed by atoms with E-state index in [1.807, 2.05) is 0 Å². The Morgan fingerprint density at radius 3 is 1.54 bits per heavy atom. The van der Waals surface area contributed by atoms with Crippen LogP contribution in [0.5, 0.6) is 0 Å². The Hall–Kier alpha value is -1.21. The van der Waals surface area contributed by atoms with E-state index in [1.165, 1.54) is 83.5 Å². The van der Waals surface area contributed by atoms with E-state index in [4.69, 9.17) is 0 Å². The van der Waals surface area contributed by atoms with Crippen LogP contribution in [0.3, 0.4) is 0 Å². The van der Waals surface area contributed by atoms with Crippen LogP contribution < -0.4 is 5.32 Å². The van der Waals surface area contributed by atoms with Crippen molar-refractivity contribution in [3.05, 3.63) is 24.3 Å². The molecular formula is C35H67NO5. The normalized spacial score (nSPS) is 15.0. The molecule has 6 heteroatoms. The van der Waals surface area contributed by atoms with E-state index in [2.05, 4.69) is 43.5 Å². The quantitative estimate of drug-likeness (QED) is 0.0442. The zero-order valence-electron chi connectivity index (χ0n) is 26.8. The minimum absolute atomic E-state index is 0.341. The van der Waals surface area contributed by atoms with Gasteiger partial charge in [0.25, 0.3) is 0 Å². The third kappa shape index (κ3) is 25.0. The Kier molecular flexibility index (Phi) is 29.4. The highest BCUT2D eigenvalue weighted by Gasteiger charge is 2.28. The number of hydrogen-bond donors (Lipinski definition) is 5. The van der Waals surface area contributed by atoms with E-state index < -0.39 is 36.9 Å². The largest absolute Gasteiger partial charge is 0.394 e. The van der Waals surface area contributed by atoms with Crippen LogP contribution in [0.15, 0.2) is 24.3 Å². The molecule has 0 aromatic heterocycles. The number of unbranched alkanes of at least 4 members (excludes halogenated alkanes) is 17. The molecule has 1 amide bonds. The van der Waals surface area contributed by atoms with E-state index in [0.717, 1.165) is 51.4 Å². The number of carbonyl (C=O) groups is 1. The van der Waals surface area contributed by atoms with E-state index in [9.17, 15) is 25.2 Å². The van der Waals surface area contributed by atoms with Crippen molar-refractivity contribution in [3.63, 3.8) is 0 Å². The minimum atomic E-state index is -1.28. The molecule has 41 heavy (non-hydrogen) atoms. The molecule has 0 saturated carbocycles. The molecule has 0 aromatic rings. The number of aliphatic hydroxyl groups is 4. The molecule has 0 aliphatic rings. The van der Waals surface area contributed by atoms with E-state index in [0.29, 0.717) is 12.8 Å². The van der Waals surface area contributed by atoms with Gasteiger partial charge in [-0.25, -0.2) is 0 Å². The van der Waals surface area contributed by atoms with Crippen LogP contribution in [-0.2, 0) is 4.79 Å². The molecule has 0 heterocycles. The molecular weight excluding hydrogens is 514 g/mol. The van der Waals surface area contributed by atoms with Crippen molar-refractivity contribution >= 4 is 5.91 Å². The molecule has 6 nitrogen and oxygen atoms in total. The summed E-state index contributed by atoms with van der Waals surface area (Å²) in [5, 5.41) is 43.2. The van der Waals surface area contributed by atoms with Gasteiger partial charge in [0.05, 0.1) is 18.8 Å². The Morgan fingerprint density at radius 2 is 1.02 bits per heavy atom. The summed E-state index contributed by atoms with van der Waals surface area (Å²) in [5.41, 5.74) is 0. The zero-order chi connectivity index (χ0) is 30.4. The Morgan fingerprint density at radius 1 is 0.585 bits per heavy atom. The second-order valence-corrected chi connectivity index (χ2v) is 11.8. The smallest absolute Gasteiger partial charge is 0.249 e. The summed E-state index contributed by atoms with van der Waals surface area (Å²) >= 11 is 0. The topological polar surface area (TPSA) is 110 Å². The van der Waals surface area contributed by atoms with Crippen LogP contribution >= 0.6 is 0 Å². The molecule has 0 aliphatic heterocycles. The van der Waals surface area contributed by atoms with Crippen molar-refractivity contribution in [3.8, 4) is 0 Å². The Labute approximate surface area is 253 Å². The lowest BCUT2D eigenvalue weighted by atomic mass is 10.00. The van der Waals surface area contributed by atoms with E-state index in [1.54, 1.807) is 0 Å². The predicted octanol–water partition coefficient (Wildman–Crippen LogP) is 7.67. The van der Waals surface area contributed by atoms with Gasteiger partial charge in [0.15, 0.2) is 0 Å². The molecule has 0 aliphatic carbocycles. The van der Waals surface area contributed by atoms with Crippen molar-refractivity contribution in [2.45, 2.75) is 186 Å². The maximum absolute atomic E-state index is 12.3. The summed E-state index contributed by atoms with van der Waals surface area (Å²) in [7, 11) is 0. The van der Waals surface area contributed by atoms with Gasteiger partial charge >= 0.3 is 0 Å². The highest BCUT2D eigenvalue weighted by Crippen LogP contribution is 2.14. The fourth-order valence-electron chi connectivity index (χ4n) is 5.03. The van der Waals surface area contributed by atoms with Gasteiger partial charge < -0.3 is 25.7 Å². The number of nitrogens with one attached hydrogen (secondary N) is 1. The van der Waals surface area contributed by atoms with Crippen LogP contribution in [0.2, 0.25) is 0 Å². The second kappa shape index (κ2) is 30.3. The van der Waals surface area contributed by atoms with Crippen LogP contribution in [0.4, 0.5) is 0 Å². The fourth-order valence-corrected chi connectivity index (χ4v) is 5.03.